The normalized spacial score (nSPS) is 15.5. The van der Waals surface area contributed by atoms with Crippen molar-refractivity contribution in [3.63, 3.8) is 0 Å². The molecule has 0 aromatic heterocycles. The number of hydrogen-bond acceptors (Lipinski definition) is 4. The minimum absolute atomic E-state index is 0.0929. The van der Waals surface area contributed by atoms with Gasteiger partial charge in [0.1, 0.15) is 24.2 Å². The largest absolute Gasteiger partial charge is 0.497 e. The second-order valence-electron chi connectivity index (χ2n) is 6.93. The number of hydrogen-bond donors (Lipinski definition) is 3. The van der Waals surface area contributed by atoms with Crippen molar-refractivity contribution >= 4 is 6.03 Å². The lowest BCUT2D eigenvalue weighted by molar-refractivity contribution is 0.107. The molecule has 2 amide bonds. The first-order valence-corrected chi connectivity index (χ1v) is 9.09. The molecule has 0 radical (unpaired) electrons. The summed E-state index contributed by atoms with van der Waals surface area (Å²) in [6.45, 7) is 2.25. The lowest BCUT2D eigenvalue weighted by Gasteiger charge is -2.20. The van der Waals surface area contributed by atoms with E-state index in [4.69, 9.17) is 9.47 Å². The Morgan fingerprint density at radius 2 is 1.89 bits per heavy atom. The first-order valence-electron chi connectivity index (χ1n) is 9.09. The Bertz CT molecular complexity index is 772. The maximum Gasteiger partial charge on any atom is 0.315 e. The highest BCUT2D eigenvalue weighted by Gasteiger charge is 2.45. The van der Waals surface area contributed by atoms with Crippen LogP contribution in [0.15, 0.2) is 48.5 Å². The van der Waals surface area contributed by atoms with E-state index in [1.54, 1.807) is 31.4 Å². The number of aryl methyl sites for hydroxylation is 1. The van der Waals surface area contributed by atoms with Crippen molar-refractivity contribution in [3.05, 3.63) is 59.7 Å². The Labute approximate surface area is 159 Å². The first-order chi connectivity index (χ1) is 13.0. The van der Waals surface area contributed by atoms with Crippen LogP contribution < -0.4 is 20.1 Å². The minimum atomic E-state index is -0.799. The number of rotatable bonds is 8. The van der Waals surface area contributed by atoms with Gasteiger partial charge in [-0.05, 0) is 49.6 Å². The molecule has 1 aliphatic rings. The molecule has 0 aliphatic heterocycles. The maximum absolute atomic E-state index is 12.2. The van der Waals surface area contributed by atoms with Crippen molar-refractivity contribution in [2.24, 2.45) is 0 Å². The molecule has 0 bridgehead atoms. The van der Waals surface area contributed by atoms with Crippen molar-refractivity contribution in [3.8, 4) is 11.5 Å². The number of aliphatic hydroxyl groups is 1. The van der Waals surface area contributed by atoms with Gasteiger partial charge in [0.2, 0.25) is 0 Å². The molecule has 0 unspecified atom stereocenters. The quantitative estimate of drug-likeness (QED) is 0.668. The molecule has 1 fully saturated rings. The molecule has 1 saturated carbocycles. The molecule has 2 aromatic carbocycles. The van der Waals surface area contributed by atoms with Crippen LogP contribution in [0, 0.1) is 6.92 Å². The van der Waals surface area contributed by atoms with Gasteiger partial charge in [-0.25, -0.2) is 4.79 Å². The van der Waals surface area contributed by atoms with E-state index >= 15 is 0 Å². The topological polar surface area (TPSA) is 79.8 Å². The van der Waals surface area contributed by atoms with Crippen molar-refractivity contribution in [2.75, 3.05) is 20.3 Å². The minimum Gasteiger partial charge on any atom is -0.497 e. The third kappa shape index (κ3) is 5.14. The summed E-state index contributed by atoms with van der Waals surface area (Å²) in [5, 5.41) is 15.8. The zero-order chi connectivity index (χ0) is 19.3. The van der Waals surface area contributed by atoms with Crippen molar-refractivity contribution in [1.82, 2.24) is 10.6 Å². The van der Waals surface area contributed by atoms with E-state index in [2.05, 4.69) is 16.7 Å². The summed E-state index contributed by atoms with van der Waals surface area (Å²) in [5.74, 6) is 1.37. The van der Waals surface area contributed by atoms with Gasteiger partial charge in [0, 0.05) is 6.54 Å². The van der Waals surface area contributed by atoms with E-state index in [1.807, 2.05) is 25.1 Å². The summed E-state index contributed by atoms with van der Waals surface area (Å²) in [6, 6.07) is 15.0. The zero-order valence-corrected chi connectivity index (χ0v) is 15.7. The Morgan fingerprint density at radius 3 is 2.52 bits per heavy atom. The Hall–Kier alpha value is -2.73. The Kier molecular flexibility index (Phi) is 5.86. The molecular formula is C21H26N2O4. The van der Waals surface area contributed by atoms with Gasteiger partial charge >= 0.3 is 6.03 Å². The number of methoxy groups -OCH3 is 1. The van der Waals surface area contributed by atoms with Crippen LogP contribution in [0.3, 0.4) is 0 Å². The predicted octanol–water partition coefficient (Wildman–Crippen LogP) is 2.73. The number of amides is 2. The Balaban J connectivity index is 1.42. The van der Waals surface area contributed by atoms with Crippen LogP contribution in [0.2, 0.25) is 0 Å². The van der Waals surface area contributed by atoms with E-state index in [0.717, 1.165) is 24.2 Å². The van der Waals surface area contributed by atoms with E-state index in [-0.39, 0.29) is 24.7 Å². The van der Waals surface area contributed by atoms with Crippen LogP contribution in [0.5, 0.6) is 11.5 Å². The summed E-state index contributed by atoms with van der Waals surface area (Å²) in [4.78, 5) is 12.2. The smallest absolute Gasteiger partial charge is 0.315 e. The fourth-order valence-electron chi connectivity index (χ4n) is 2.95. The van der Waals surface area contributed by atoms with Crippen molar-refractivity contribution < 1.29 is 19.4 Å². The molecule has 0 saturated heterocycles. The fourth-order valence-corrected chi connectivity index (χ4v) is 2.95. The van der Waals surface area contributed by atoms with Gasteiger partial charge in [-0.15, -0.1) is 0 Å². The predicted molar refractivity (Wildman–Crippen MR) is 103 cm³/mol. The molecule has 6 heteroatoms. The zero-order valence-electron chi connectivity index (χ0n) is 15.7. The number of aliphatic hydroxyl groups excluding tert-OH is 1. The molecule has 1 aliphatic carbocycles. The van der Waals surface area contributed by atoms with Gasteiger partial charge in [-0.3, -0.25) is 0 Å². The maximum atomic E-state index is 12.2. The number of carbonyl (C=O) groups excluding carboxylic acids is 1. The number of carbonyl (C=O) groups is 1. The third-order valence-corrected chi connectivity index (χ3v) is 4.67. The summed E-state index contributed by atoms with van der Waals surface area (Å²) in [7, 11) is 1.60. The van der Waals surface area contributed by atoms with Gasteiger partial charge in [0.15, 0.2) is 0 Å². The average molecular weight is 370 g/mol. The molecule has 27 heavy (non-hydrogen) atoms. The summed E-state index contributed by atoms with van der Waals surface area (Å²) in [6.07, 6.45) is 1.05. The van der Waals surface area contributed by atoms with Crippen LogP contribution in [0.1, 0.15) is 24.0 Å². The highest BCUT2D eigenvalue weighted by molar-refractivity contribution is 5.75. The molecule has 0 heterocycles. The van der Waals surface area contributed by atoms with Gasteiger partial charge in [0.25, 0.3) is 0 Å². The van der Waals surface area contributed by atoms with Crippen LogP contribution >= 0.6 is 0 Å². The monoisotopic (exact) mass is 370 g/mol. The molecule has 2 aromatic rings. The highest BCUT2D eigenvalue weighted by Crippen LogP contribution is 2.45. The molecular weight excluding hydrogens is 344 g/mol. The molecule has 3 N–H and O–H groups in total. The molecule has 0 spiro atoms. The first kappa shape index (κ1) is 19.0. The van der Waals surface area contributed by atoms with Gasteiger partial charge in [-0.1, -0.05) is 29.8 Å². The molecule has 1 atom stereocenters. The number of benzene rings is 2. The number of ether oxygens (including phenoxy) is 2. The summed E-state index contributed by atoms with van der Waals surface area (Å²) < 4.78 is 10.6. The second kappa shape index (κ2) is 8.31. The van der Waals surface area contributed by atoms with E-state index < -0.39 is 6.10 Å². The highest BCUT2D eigenvalue weighted by atomic mass is 16.5. The summed E-state index contributed by atoms with van der Waals surface area (Å²) in [5.41, 5.74) is 2.02. The lowest BCUT2D eigenvalue weighted by atomic mass is 10.0. The summed E-state index contributed by atoms with van der Waals surface area (Å²) >= 11 is 0. The van der Waals surface area contributed by atoms with Crippen LogP contribution in [0.25, 0.3) is 0 Å². The molecule has 6 nitrogen and oxygen atoms in total. The van der Waals surface area contributed by atoms with Gasteiger partial charge in [-0.2, -0.15) is 0 Å². The van der Waals surface area contributed by atoms with Crippen LogP contribution in [-0.4, -0.2) is 37.5 Å². The van der Waals surface area contributed by atoms with Crippen molar-refractivity contribution in [1.29, 1.82) is 0 Å². The van der Waals surface area contributed by atoms with E-state index in [0.29, 0.717) is 5.75 Å². The third-order valence-electron chi connectivity index (χ3n) is 4.67. The van der Waals surface area contributed by atoms with Crippen LogP contribution in [0.4, 0.5) is 4.79 Å². The molecule has 3 rings (SSSR count). The number of nitrogens with one attached hydrogen (secondary N) is 2. The molecule has 144 valence electrons. The van der Waals surface area contributed by atoms with Gasteiger partial charge < -0.3 is 25.2 Å². The number of urea groups is 1. The Morgan fingerprint density at radius 1 is 1.19 bits per heavy atom. The van der Waals surface area contributed by atoms with Crippen molar-refractivity contribution in [2.45, 2.75) is 31.4 Å². The standard InChI is InChI=1S/C21H26N2O4/c1-15-4-3-5-16(12-15)21(10-11-21)23-20(25)22-13-17(24)14-27-19-8-6-18(26-2)7-9-19/h3-9,12,17,24H,10-11,13-14H2,1-2H3,(H2,22,23,25)/t17-/m1/s1. The van der Waals surface area contributed by atoms with E-state index in [1.165, 1.54) is 5.56 Å². The van der Waals surface area contributed by atoms with E-state index in [9.17, 15) is 9.90 Å². The van der Waals surface area contributed by atoms with Gasteiger partial charge in [0.05, 0.1) is 12.6 Å². The average Bonchev–Trinajstić information content (AvgIpc) is 3.46. The fraction of sp³-hybridized carbons (Fsp3) is 0.381. The SMILES string of the molecule is COc1ccc(OC[C@H](O)CNC(=O)NC2(c3cccc(C)c3)CC2)cc1. The second-order valence-corrected chi connectivity index (χ2v) is 6.93. The van der Waals surface area contributed by atoms with Crippen LogP contribution in [-0.2, 0) is 5.54 Å². The lowest BCUT2D eigenvalue weighted by Crippen LogP contribution is -2.45.